The Labute approximate surface area is 321 Å². The van der Waals surface area contributed by atoms with Gasteiger partial charge in [-0.25, -0.2) is 0 Å². The Bertz CT molecular complexity index is 3640. The molecule has 5 heterocycles. The summed E-state index contributed by atoms with van der Waals surface area (Å²) >= 11 is 0. The van der Waals surface area contributed by atoms with Crippen LogP contribution in [0.15, 0.2) is 170 Å². The minimum atomic E-state index is -3.61. The van der Waals surface area contributed by atoms with Crippen molar-refractivity contribution in [3.8, 4) is 5.69 Å². The Balaban J connectivity index is 1.13. The second kappa shape index (κ2) is 11.3. The zero-order valence-electron chi connectivity index (χ0n) is 30.8. The molecule has 0 saturated carbocycles. The summed E-state index contributed by atoms with van der Waals surface area (Å²) in [5, 5.41) is 10.2. The number of benzene rings is 7. The molecule has 0 aliphatic carbocycles. The molecule has 7 heteroatoms. The predicted octanol–water partition coefficient (Wildman–Crippen LogP) is 11.4. The average Bonchev–Trinajstić information content (AvgIpc) is 3.96. The molecule has 12 aromatic rings. The van der Waals surface area contributed by atoms with Crippen molar-refractivity contribution in [2.24, 2.45) is 14.1 Å². The molecule has 56 heavy (non-hydrogen) atoms. The van der Waals surface area contributed by atoms with Gasteiger partial charge in [0.25, 0.3) is 7.29 Å². The maximum Gasteiger partial charge on any atom is 0.251 e. The quantitative estimate of drug-likeness (QED) is 0.169. The van der Waals surface area contributed by atoms with Crippen LogP contribution in [0, 0.1) is 0 Å². The lowest BCUT2D eigenvalue weighted by atomic mass is 10.1. The molecule has 0 fully saturated rings. The highest BCUT2D eigenvalue weighted by atomic mass is 31.2. The molecule has 0 aliphatic heterocycles. The molecule has 266 valence electrons. The molecule has 0 N–H and O–H groups in total. The molecule has 0 bridgehead atoms. The van der Waals surface area contributed by atoms with Crippen molar-refractivity contribution in [2.45, 2.75) is 0 Å². The van der Waals surface area contributed by atoms with Crippen molar-refractivity contribution in [2.75, 3.05) is 0 Å². The second-order valence-electron chi connectivity index (χ2n) is 14.8. The van der Waals surface area contributed by atoms with Crippen molar-refractivity contribution >= 4 is 105 Å². The van der Waals surface area contributed by atoms with E-state index in [0.717, 1.165) is 49.3 Å². The summed E-state index contributed by atoms with van der Waals surface area (Å²) in [5.74, 6) is 0. The van der Waals surface area contributed by atoms with Crippen LogP contribution in [-0.2, 0) is 18.7 Å². The molecule has 0 saturated heterocycles. The smallest absolute Gasteiger partial charge is 0.251 e. The van der Waals surface area contributed by atoms with Crippen LogP contribution in [0.5, 0.6) is 0 Å². The van der Waals surface area contributed by atoms with Crippen molar-refractivity contribution < 1.29 is 4.57 Å². The van der Waals surface area contributed by atoms with Crippen molar-refractivity contribution in [3.05, 3.63) is 170 Å². The van der Waals surface area contributed by atoms with E-state index in [4.69, 9.17) is 4.98 Å². The molecule has 0 radical (unpaired) electrons. The van der Waals surface area contributed by atoms with Gasteiger partial charge in [-0.15, -0.1) is 0 Å². The number of aromatic nitrogens is 5. The minimum Gasteiger partial charge on any atom is -0.344 e. The molecule has 0 aliphatic rings. The summed E-state index contributed by atoms with van der Waals surface area (Å²) in [6.07, 6.45) is 1.75. The molecule has 0 spiro atoms. The number of aryl methyl sites for hydroxylation is 2. The zero-order chi connectivity index (χ0) is 37.3. The SMILES string of the molecule is Cn1c2ccccc2c2c3c4ccccc4n(-c4ccc(P(=O)(c5ccccn5)n5c6ccccc6c6c7c8ccccc8n(C)c7ccc65)cc4)c3ccc21. The van der Waals surface area contributed by atoms with Gasteiger partial charge >= 0.3 is 0 Å². The topological polar surface area (TPSA) is 49.7 Å². The first-order valence-electron chi connectivity index (χ1n) is 19.0. The van der Waals surface area contributed by atoms with E-state index >= 15 is 4.57 Å². The van der Waals surface area contributed by atoms with Crippen LogP contribution in [0.4, 0.5) is 0 Å². The predicted molar refractivity (Wildman–Crippen MR) is 235 cm³/mol. The van der Waals surface area contributed by atoms with Crippen LogP contribution >= 0.6 is 7.29 Å². The largest absolute Gasteiger partial charge is 0.344 e. The van der Waals surface area contributed by atoms with Gasteiger partial charge in [-0.2, -0.15) is 0 Å². The maximum atomic E-state index is 16.5. The van der Waals surface area contributed by atoms with Gasteiger partial charge in [-0.3, -0.25) is 13.9 Å². The molecule has 7 aromatic carbocycles. The lowest BCUT2D eigenvalue weighted by molar-refractivity contribution is 0.583. The van der Waals surface area contributed by atoms with E-state index in [1.807, 2.05) is 24.3 Å². The van der Waals surface area contributed by atoms with Crippen LogP contribution in [0.1, 0.15) is 0 Å². The molecule has 1 unspecified atom stereocenters. The normalized spacial score (nSPS) is 13.4. The summed E-state index contributed by atoms with van der Waals surface area (Å²) in [6, 6.07) is 57.2. The van der Waals surface area contributed by atoms with Crippen LogP contribution in [0.2, 0.25) is 0 Å². The third-order valence-electron chi connectivity index (χ3n) is 12.1. The Morgan fingerprint density at radius 2 is 0.857 bits per heavy atom. The van der Waals surface area contributed by atoms with Gasteiger partial charge in [0.2, 0.25) is 0 Å². The number of nitrogens with zero attached hydrogens (tertiary/aromatic N) is 5. The second-order valence-corrected chi connectivity index (χ2v) is 17.3. The fourth-order valence-electron chi connectivity index (χ4n) is 9.67. The first-order valence-corrected chi connectivity index (χ1v) is 20.6. The summed E-state index contributed by atoms with van der Waals surface area (Å²) < 4.78 is 25.5. The van der Waals surface area contributed by atoms with Crippen molar-refractivity contribution in [1.82, 2.24) is 23.0 Å². The lowest BCUT2D eigenvalue weighted by Gasteiger charge is -2.23. The summed E-state index contributed by atoms with van der Waals surface area (Å²) in [6.45, 7) is 0. The summed E-state index contributed by atoms with van der Waals surface area (Å²) in [4.78, 5) is 4.83. The highest BCUT2D eigenvalue weighted by Crippen LogP contribution is 2.52. The molecule has 5 aromatic heterocycles. The van der Waals surface area contributed by atoms with E-state index < -0.39 is 7.29 Å². The summed E-state index contributed by atoms with van der Waals surface area (Å²) in [5.41, 5.74) is 10.4. The number of hydrogen-bond acceptors (Lipinski definition) is 2. The van der Waals surface area contributed by atoms with Crippen LogP contribution in [0.25, 0.3) is 92.9 Å². The molecule has 12 rings (SSSR count). The van der Waals surface area contributed by atoms with Gasteiger partial charge in [0.15, 0.2) is 0 Å². The van der Waals surface area contributed by atoms with Gasteiger partial charge in [0, 0.05) is 96.4 Å². The van der Waals surface area contributed by atoms with E-state index in [-0.39, 0.29) is 0 Å². The van der Waals surface area contributed by atoms with Crippen molar-refractivity contribution in [3.63, 3.8) is 0 Å². The van der Waals surface area contributed by atoms with Crippen molar-refractivity contribution in [1.29, 1.82) is 0 Å². The third-order valence-corrected chi connectivity index (χ3v) is 15.0. The number of pyridine rings is 1. The van der Waals surface area contributed by atoms with Gasteiger partial charge in [-0.05, 0) is 84.9 Å². The van der Waals surface area contributed by atoms with Gasteiger partial charge in [-0.1, -0.05) is 78.9 Å². The Morgan fingerprint density at radius 1 is 0.411 bits per heavy atom. The van der Waals surface area contributed by atoms with Gasteiger partial charge < -0.3 is 13.7 Å². The van der Waals surface area contributed by atoms with Gasteiger partial charge in [0.05, 0.1) is 22.1 Å². The zero-order valence-corrected chi connectivity index (χ0v) is 31.7. The number of rotatable bonds is 4. The fraction of sp³-hybridized carbons (Fsp3) is 0.0408. The number of hydrogen-bond donors (Lipinski definition) is 0. The average molecular weight is 740 g/mol. The van der Waals surface area contributed by atoms with Crippen LogP contribution < -0.4 is 10.7 Å². The lowest BCUT2D eigenvalue weighted by Crippen LogP contribution is -2.23. The van der Waals surface area contributed by atoms with E-state index in [9.17, 15) is 0 Å². The highest BCUT2D eigenvalue weighted by molar-refractivity contribution is 7.77. The highest BCUT2D eigenvalue weighted by Gasteiger charge is 2.35. The molecule has 0 amide bonds. The molecular weight excluding hydrogens is 706 g/mol. The van der Waals surface area contributed by atoms with Gasteiger partial charge in [0.1, 0.15) is 5.44 Å². The van der Waals surface area contributed by atoms with Crippen LogP contribution in [0.3, 0.4) is 0 Å². The van der Waals surface area contributed by atoms with E-state index in [2.05, 4.69) is 172 Å². The van der Waals surface area contributed by atoms with E-state index in [0.29, 0.717) is 5.44 Å². The van der Waals surface area contributed by atoms with E-state index in [1.54, 1.807) is 6.20 Å². The molecule has 6 nitrogen and oxygen atoms in total. The third kappa shape index (κ3) is 3.96. The monoisotopic (exact) mass is 739 g/mol. The van der Waals surface area contributed by atoms with Crippen LogP contribution in [-0.4, -0.2) is 23.0 Å². The number of fused-ring (bicyclic) bond motifs is 14. The summed E-state index contributed by atoms with van der Waals surface area (Å²) in [7, 11) is 0.657. The minimum absolute atomic E-state index is 0.545. The standard InChI is InChI=1S/C49H34N5OP/c1-51-37-17-7-3-13-33(37)46-41(51)26-28-43-48(46)35-15-5-9-19-39(35)53(43)31-22-24-32(25-23-31)56(55,45-21-11-12-30-50-45)54-40-20-10-6-16-36(40)49-44(54)29-27-42-47(49)34-14-4-8-18-38(34)52(42)2/h3-30H,1-2H3. The van der Waals surface area contributed by atoms with E-state index in [1.165, 1.54) is 48.9 Å². The first kappa shape index (κ1) is 31.5. The molecular formula is C49H34N5OP. The Kier molecular flexibility index (Phi) is 6.37. The molecule has 1 atom stereocenters. The maximum absolute atomic E-state index is 16.5. The fourth-order valence-corrected chi connectivity index (χ4v) is 12.4. The number of para-hydroxylation sites is 4. The Morgan fingerprint density at radius 3 is 1.45 bits per heavy atom. The Hall–Kier alpha value is -6.88. The first-order chi connectivity index (χ1) is 27.5.